The summed E-state index contributed by atoms with van der Waals surface area (Å²) < 4.78 is 16.8. The Morgan fingerprint density at radius 2 is 1.55 bits per heavy atom. The van der Waals surface area contributed by atoms with Gasteiger partial charge in [-0.2, -0.15) is 0 Å². The van der Waals surface area contributed by atoms with Gasteiger partial charge in [0.2, 0.25) is 0 Å². The van der Waals surface area contributed by atoms with Crippen molar-refractivity contribution in [1.82, 2.24) is 0 Å². The summed E-state index contributed by atoms with van der Waals surface area (Å²) >= 11 is 0. The number of carbonyl (C=O) groups excluding carboxylic acids is 1. The normalized spacial score (nSPS) is 10.8. The molecule has 0 radical (unpaired) electrons. The zero-order valence-electron chi connectivity index (χ0n) is 21.4. The van der Waals surface area contributed by atoms with Gasteiger partial charge >= 0.3 is 5.97 Å². The number of anilines is 3. The summed E-state index contributed by atoms with van der Waals surface area (Å²) in [5, 5.41) is 0. The van der Waals surface area contributed by atoms with Gasteiger partial charge in [0, 0.05) is 28.6 Å². The quantitative estimate of drug-likeness (QED) is 0.0836. The fraction of sp³-hybridized carbons (Fsp3) is 0.100. The standard InChI is InChI=1S/C30H29N3O5/c1-35-28-16-21(9-8-20(28)7-4-19-5-11-23(12-6-19)33-37-3)25-15-13-24(18-29(25)36-2)38-30(34)26-14-10-22(31)17-27(26)32/h4-18,33H,31-32H2,1-3H3/b7-4+. The van der Waals surface area contributed by atoms with Gasteiger partial charge in [-0.1, -0.05) is 36.4 Å². The molecule has 5 N–H and O–H groups in total. The van der Waals surface area contributed by atoms with Crippen LogP contribution in [0.3, 0.4) is 0 Å². The maximum Gasteiger partial charge on any atom is 0.345 e. The first-order valence-corrected chi connectivity index (χ1v) is 11.7. The molecule has 0 heterocycles. The van der Waals surface area contributed by atoms with Gasteiger partial charge < -0.3 is 25.7 Å². The Morgan fingerprint density at radius 1 is 0.789 bits per heavy atom. The maximum absolute atomic E-state index is 12.6. The van der Waals surface area contributed by atoms with E-state index < -0.39 is 5.97 Å². The lowest BCUT2D eigenvalue weighted by Gasteiger charge is -2.14. The Bertz CT molecular complexity index is 1470. The van der Waals surface area contributed by atoms with Crippen LogP contribution in [-0.4, -0.2) is 27.3 Å². The van der Waals surface area contributed by atoms with Gasteiger partial charge in [0.1, 0.15) is 17.2 Å². The summed E-state index contributed by atoms with van der Waals surface area (Å²) in [6, 6.07) is 23.6. The van der Waals surface area contributed by atoms with E-state index >= 15 is 0 Å². The molecule has 38 heavy (non-hydrogen) atoms. The van der Waals surface area contributed by atoms with Crippen molar-refractivity contribution in [2.24, 2.45) is 0 Å². The molecule has 4 rings (SSSR count). The molecular weight excluding hydrogens is 482 g/mol. The van der Waals surface area contributed by atoms with Gasteiger partial charge in [-0.25, -0.2) is 4.79 Å². The third-order valence-corrected chi connectivity index (χ3v) is 5.81. The average molecular weight is 512 g/mol. The number of nitrogens with two attached hydrogens (primary N) is 2. The third kappa shape index (κ3) is 6.05. The van der Waals surface area contributed by atoms with Crippen molar-refractivity contribution >= 4 is 35.2 Å². The number of methoxy groups -OCH3 is 2. The van der Waals surface area contributed by atoms with Crippen molar-refractivity contribution in [3.63, 3.8) is 0 Å². The lowest BCUT2D eigenvalue weighted by atomic mass is 10.0. The second-order valence-electron chi connectivity index (χ2n) is 8.32. The second kappa shape index (κ2) is 11.9. The summed E-state index contributed by atoms with van der Waals surface area (Å²) in [5.41, 5.74) is 19.9. The molecule has 0 saturated carbocycles. The molecule has 0 atom stereocenters. The minimum atomic E-state index is -0.584. The number of carbonyl (C=O) groups is 1. The van der Waals surface area contributed by atoms with Gasteiger partial charge in [0.05, 0.1) is 32.6 Å². The topological polar surface area (TPSA) is 118 Å². The summed E-state index contributed by atoms with van der Waals surface area (Å²) in [5.74, 6) is 0.980. The van der Waals surface area contributed by atoms with E-state index in [0.717, 1.165) is 27.9 Å². The number of benzene rings is 4. The van der Waals surface area contributed by atoms with Gasteiger partial charge in [-0.05, 0) is 59.7 Å². The van der Waals surface area contributed by atoms with Gasteiger partial charge in [0.15, 0.2) is 0 Å². The first-order chi connectivity index (χ1) is 18.4. The Labute approximate surface area is 221 Å². The number of nitrogen functional groups attached to an aromatic ring is 2. The molecule has 4 aromatic rings. The molecule has 8 heteroatoms. The Balaban J connectivity index is 1.55. The van der Waals surface area contributed by atoms with Crippen LogP contribution in [0.1, 0.15) is 21.5 Å². The fourth-order valence-corrected chi connectivity index (χ4v) is 3.89. The molecular formula is C30H29N3O5. The van der Waals surface area contributed by atoms with Crippen molar-refractivity contribution < 1.29 is 23.8 Å². The summed E-state index contributed by atoms with van der Waals surface area (Å²) in [4.78, 5) is 17.5. The van der Waals surface area contributed by atoms with E-state index in [1.54, 1.807) is 39.5 Å². The monoisotopic (exact) mass is 511 g/mol. The van der Waals surface area contributed by atoms with E-state index in [0.29, 0.717) is 22.9 Å². The highest BCUT2D eigenvalue weighted by Crippen LogP contribution is 2.36. The zero-order chi connectivity index (χ0) is 27.1. The van der Waals surface area contributed by atoms with Gasteiger partial charge in [-0.15, -0.1) is 0 Å². The number of hydrogen-bond acceptors (Lipinski definition) is 8. The number of nitrogens with one attached hydrogen (secondary N) is 1. The SMILES string of the molecule is CONc1ccc(/C=C/c2ccc(-c3ccc(OC(=O)c4ccc(N)cc4N)cc3OC)cc2OC)cc1. The van der Waals surface area contributed by atoms with Crippen molar-refractivity contribution in [1.29, 1.82) is 0 Å². The summed E-state index contributed by atoms with van der Waals surface area (Å²) in [6.45, 7) is 0. The van der Waals surface area contributed by atoms with Gasteiger partial charge in [-0.3, -0.25) is 10.3 Å². The Hall–Kier alpha value is -4.95. The van der Waals surface area contributed by atoms with Crippen molar-refractivity contribution in [3.8, 4) is 28.4 Å². The van der Waals surface area contributed by atoms with Crippen molar-refractivity contribution in [2.75, 3.05) is 38.3 Å². The average Bonchev–Trinajstić information content (AvgIpc) is 2.92. The minimum Gasteiger partial charge on any atom is -0.496 e. The van der Waals surface area contributed by atoms with Crippen LogP contribution >= 0.6 is 0 Å². The molecule has 0 aliphatic heterocycles. The molecule has 0 saturated heterocycles. The summed E-state index contributed by atoms with van der Waals surface area (Å²) in [6.07, 6.45) is 4.00. The zero-order valence-corrected chi connectivity index (χ0v) is 21.4. The molecule has 0 unspecified atom stereocenters. The Kier molecular flexibility index (Phi) is 8.15. The smallest absolute Gasteiger partial charge is 0.345 e. The first-order valence-electron chi connectivity index (χ1n) is 11.7. The summed E-state index contributed by atoms with van der Waals surface area (Å²) in [7, 11) is 4.76. The van der Waals surface area contributed by atoms with Crippen LogP contribution in [0.5, 0.6) is 17.2 Å². The minimum absolute atomic E-state index is 0.234. The van der Waals surface area contributed by atoms with Gasteiger partial charge in [0.25, 0.3) is 0 Å². The number of rotatable bonds is 9. The van der Waals surface area contributed by atoms with E-state index in [9.17, 15) is 4.79 Å². The van der Waals surface area contributed by atoms with E-state index in [-0.39, 0.29) is 11.3 Å². The van der Waals surface area contributed by atoms with E-state index in [4.69, 9.17) is 30.5 Å². The maximum atomic E-state index is 12.6. The van der Waals surface area contributed by atoms with Crippen LogP contribution < -0.4 is 31.2 Å². The number of ether oxygens (including phenoxy) is 3. The lowest BCUT2D eigenvalue weighted by molar-refractivity contribution is 0.0735. The van der Waals surface area contributed by atoms with Crippen molar-refractivity contribution in [3.05, 3.63) is 95.6 Å². The predicted molar refractivity (Wildman–Crippen MR) is 151 cm³/mol. The van der Waals surface area contributed by atoms with E-state index in [1.165, 1.54) is 12.1 Å². The van der Waals surface area contributed by atoms with Crippen LogP contribution in [-0.2, 0) is 4.84 Å². The first kappa shape index (κ1) is 26.1. The Morgan fingerprint density at radius 3 is 2.24 bits per heavy atom. The molecule has 0 fully saturated rings. The third-order valence-electron chi connectivity index (χ3n) is 5.81. The van der Waals surface area contributed by atoms with Crippen LogP contribution in [0.15, 0.2) is 78.9 Å². The van der Waals surface area contributed by atoms with E-state index in [1.807, 2.05) is 60.7 Å². The second-order valence-corrected chi connectivity index (χ2v) is 8.32. The van der Waals surface area contributed by atoms with Crippen LogP contribution in [0.25, 0.3) is 23.3 Å². The molecule has 194 valence electrons. The highest BCUT2D eigenvalue weighted by Gasteiger charge is 2.15. The lowest BCUT2D eigenvalue weighted by Crippen LogP contribution is -2.11. The molecule has 0 amide bonds. The predicted octanol–water partition coefficient (Wildman–Crippen LogP) is 5.90. The molecule has 8 nitrogen and oxygen atoms in total. The molecule has 0 aromatic heterocycles. The van der Waals surface area contributed by atoms with Crippen LogP contribution in [0, 0.1) is 0 Å². The molecule has 4 aromatic carbocycles. The van der Waals surface area contributed by atoms with Crippen molar-refractivity contribution in [2.45, 2.75) is 0 Å². The van der Waals surface area contributed by atoms with E-state index in [2.05, 4.69) is 5.48 Å². The molecule has 0 spiro atoms. The van der Waals surface area contributed by atoms with Crippen LogP contribution in [0.2, 0.25) is 0 Å². The fourth-order valence-electron chi connectivity index (χ4n) is 3.89. The number of hydrogen-bond donors (Lipinski definition) is 3. The van der Waals surface area contributed by atoms with Crippen LogP contribution in [0.4, 0.5) is 17.1 Å². The number of esters is 1. The molecule has 0 aliphatic rings. The molecule has 0 aliphatic carbocycles. The highest BCUT2D eigenvalue weighted by atomic mass is 16.6. The highest BCUT2D eigenvalue weighted by molar-refractivity contribution is 5.97. The molecule has 0 bridgehead atoms. The largest absolute Gasteiger partial charge is 0.496 e.